The monoisotopic (exact) mass is 177 g/mol. The van der Waals surface area contributed by atoms with Crippen LogP contribution in [0.1, 0.15) is 12.6 Å². The fourth-order valence-electron chi connectivity index (χ4n) is 1.28. The van der Waals surface area contributed by atoms with Crippen LogP contribution in [0.25, 0.3) is 5.65 Å². The van der Waals surface area contributed by atoms with Gasteiger partial charge in [-0.2, -0.15) is 9.61 Å². The van der Waals surface area contributed by atoms with Crippen molar-refractivity contribution in [2.75, 3.05) is 6.61 Å². The zero-order chi connectivity index (χ0) is 9.26. The first-order valence-electron chi connectivity index (χ1n) is 4.26. The summed E-state index contributed by atoms with van der Waals surface area (Å²) in [4.78, 5) is 4.31. The Morgan fingerprint density at radius 1 is 1.54 bits per heavy atom. The molecule has 0 fully saturated rings. The maximum Gasteiger partial charge on any atom is 0.238 e. The van der Waals surface area contributed by atoms with Gasteiger partial charge in [0.15, 0.2) is 5.65 Å². The molecule has 2 aromatic rings. The van der Waals surface area contributed by atoms with E-state index in [0.717, 1.165) is 17.2 Å². The highest BCUT2D eigenvalue weighted by molar-refractivity contribution is 5.43. The third-order valence-corrected chi connectivity index (χ3v) is 1.80. The molecule has 0 N–H and O–H groups in total. The van der Waals surface area contributed by atoms with Crippen LogP contribution in [0.3, 0.4) is 0 Å². The molecule has 0 aromatic carbocycles. The maximum absolute atomic E-state index is 5.43. The fraction of sp³-hybridized carbons (Fsp3) is 0.333. The minimum atomic E-state index is 0.630. The summed E-state index contributed by atoms with van der Waals surface area (Å²) >= 11 is 0. The summed E-state index contributed by atoms with van der Waals surface area (Å²) in [6.45, 7) is 4.49. The van der Waals surface area contributed by atoms with Crippen molar-refractivity contribution in [3.05, 3.63) is 24.0 Å². The second-order valence-corrected chi connectivity index (χ2v) is 2.73. The summed E-state index contributed by atoms with van der Waals surface area (Å²) in [5.41, 5.74) is 1.70. The number of hydrogen-bond acceptors (Lipinski definition) is 3. The molecule has 0 aliphatic rings. The van der Waals surface area contributed by atoms with Crippen molar-refractivity contribution < 1.29 is 4.74 Å². The van der Waals surface area contributed by atoms with Crippen LogP contribution in [0, 0.1) is 6.92 Å². The Balaban J connectivity index is 2.64. The average molecular weight is 177 g/mol. The molecule has 2 rings (SSSR count). The van der Waals surface area contributed by atoms with Crippen LogP contribution in [0.15, 0.2) is 18.3 Å². The van der Waals surface area contributed by atoms with Gasteiger partial charge in [0.2, 0.25) is 5.88 Å². The number of hydrogen-bond donors (Lipinski definition) is 0. The predicted octanol–water partition coefficient (Wildman–Crippen LogP) is 1.44. The second-order valence-electron chi connectivity index (χ2n) is 2.73. The molecule has 4 heteroatoms. The molecule has 2 aromatic heterocycles. The lowest BCUT2D eigenvalue weighted by Gasteiger charge is -2.01. The lowest BCUT2D eigenvalue weighted by atomic mass is 10.5. The first-order chi connectivity index (χ1) is 6.33. The number of fused-ring (bicyclic) bond motifs is 1. The Hall–Kier alpha value is -1.58. The highest BCUT2D eigenvalue weighted by Crippen LogP contribution is 2.17. The van der Waals surface area contributed by atoms with E-state index in [1.807, 2.05) is 26.0 Å². The van der Waals surface area contributed by atoms with E-state index in [0.29, 0.717) is 6.61 Å². The zero-order valence-corrected chi connectivity index (χ0v) is 7.69. The largest absolute Gasteiger partial charge is 0.477 e. The fourth-order valence-corrected chi connectivity index (χ4v) is 1.28. The van der Waals surface area contributed by atoms with Crippen LogP contribution in [-0.4, -0.2) is 21.2 Å². The number of nitrogens with zero attached hydrogens (tertiary/aromatic N) is 3. The van der Waals surface area contributed by atoms with Gasteiger partial charge in [-0.25, -0.2) is 4.98 Å². The number of imidazole rings is 1. The molecule has 0 saturated heterocycles. The van der Waals surface area contributed by atoms with Crippen molar-refractivity contribution in [1.82, 2.24) is 14.6 Å². The van der Waals surface area contributed by atoms with Crippen molar-refractivity contribution in [2.45, 2.75) is 13.8 Å². The minimum absolute atomic E-state index is 0.630. The van der Waals surface area contributed by atoms with E-state index in [9.17, 15) is 0 Å². The Labute approximate surface area is 76.2 Å². The van der Waals surface area contributed by atoms with Crippen LogP contribution in [0.5, 0.6) is 5.88 Å². The van der Waals surface area contributed by atoms with E-state index >= 15 is 0 Å². The van der Waals surface area contributed by atoms with Gasteiger partial charge in [0, 0.05) is 6.20 Å². The Kier molecular flexibility index (Phi) is 1.88. The van der Waals surface area contributed by atoms with Crippen molar-refractivity contribution >= 4 is 5.65 Å². The van der Waals surface area contributed by atoms with Gasteiger partial charge in [-0.15, -0.1) is 0 Å². The van der Waals surface area contributed by atoms with Crippen LogP contribution >= 0.6 is 0 Å². The molecular weight excluding hydrogens is 166 g/mol. The Morgan fingerprint density at radius 2 is 2.38 bits per heavy atom. The molecule has 0 atom stereocenters. The van der Waals surface area contributed by atoms with E-state index in [1.165, 1.54) is 0 Å². The first kappa shape index (κ1) is 8.04. The number of aryl methyl sites for hydroxylation is 1. The van der Waals surface area contributed by atoms with E-state index in [1.54, 1.807) is 10.7 Å². The Morgan fingerprint density at radius 3 is 3.15 bits per heavy atom. The minimum Gasteiger partial charge on any atom is -0.477 e. The van der Waals surface area contributed by atoms with Gasteiger partial charge in [0.05, 0.1) is 6.61 Å². The van der Waals surface area contributed by atoms with Gasteiger partial charge in [-0.1, -0.05) is 0 Å². The SMILES string of the molecule is CCOc1c(C)nc2cccnn12. The first-order valence-corrected chi connectivity index (χ1v) is 4.26. The highest BCUT2D eigenvalue weighted by Gasteiger charge is 2.08. The van der Waals surface area contributed by atoms with E-state index in [-0.39, 0.29) is 0 Å². The standard InChI is InChI=1S/C9H11N3O/c1-3-13-9-7(2)11-8-5-4-6-10-12(8)9/h4-6H,3H2,1-2H3. The molecule has 0 aliphatic carbocycles. The van der Waals surface area contributed by atoms with Crippen LogP contribution in [-0.2, 0) is 0 Å². The van der Waals surface area contributed by atoms with E-state index in [4.69, 9.17) is 4.74 Å². The summed E-state index contributed by atoms with van der Waals surface area (Å²) in [6.07, 6.45) is 1.72. The molecule has 68 valence electrons. The zero-order valence-electron chi connectivity index (χ0n) is 7.69. The Bertz CT molecular complexity index is 422. The maximum atomic E-state index is 5.43. The molecule has 13 heavy (non-hydrogen) atoms. The molecule has 0 aliphatic heterocycles. The molecule has 0 saturated carbocycles. The molecule has 2 heterocycles. The summed E-state index contributed by atoms with van der Waals surface area (Å²) in [5.74, 6) is 0.734. The molecule has 0 unspecified atom stereocenters. The summed E-state index contributed by atoms with van der Waals surface area (Å²) in [7, 11) is 0. The number of ether oxygens (including phenoxy) is 1. The van der Waals surface area contributed by atoms with Crippen LogP contribution in [0.2, 0.25) is 0 Å². The lowest BCUT2D eigenvalue weighted by molar-refractivity contribution is 0.316. The molecular formula is C9H11N3O. The number of aromatic nitrogens is 3. The van der Waals surface area contributed by atoms with Gasteiger partial charge < -0.3 is 4.74 Å². The predicted molar refractivity (Wildman–Crippen MR) is 48.9 cm³/mol. The van der Waals surface area contributed by atoms with Gasteiger partial charge in [0.25, 0.3) is 0 Å². The van der Waals surface area contributed by atoms with Gasteiger partial charge in [0.1, 0.15) is 5.69 Å². The average Bonchev–Trinajstić information content (AvgIpc) is 2.44. The third-order valence-electron chi connectivity index (χ3n) is 1.80. The molecule has 0 radical (unpaired) electrons. The molecule has 4 nitrogen and oxygen atoms in total. The van der Waals surface area contributed by atoms with Crippen molar-refractivity contribution in [1.29, 1.82) is 0 Å². The van der Waals surface area contributed by atoms with Crippen molar-refractivity contribution in [2.24, 2.45) is 0 Å². The lowest BCUT2D eigenvalue weighted by Crippen LogP contribution is -1.98. The van der Waals surface area contributed by atoms with Crippen molar-refractivity contribution in [3.8, 4) is 5.88 Å². The van der Waals surface area contributed by atoms with Crippen LogP contribution in [0.4, 0.5) is 0 Å². The quantitative estimate of drug-likeness (QED) is 0.696. The van der Waals surface area contributed by atoms with Gasteiger partial charge in [-0.05, 0) is 26.0 Å². The summed E-state index contributed by atoms with van der Waals surface area (Å²) in [6, 6.07) is 3.76. The summed E-state index contributed by atoms with van der Waals surface area (Å²) in [5, 5.41) is 4.15. The van der Waals surface area contributed by atoms with Gasteiger partial charge >= 0.3 is 0 Å². The van der Waals surface area contributed by atoms with Gasteiger partial charge in [-0.3, -0.25) is 0 Å². The number of rotatable bonds is 2. The van der Waals surface area contributed by atoms with Crippen molar-refractivity contribution in [3.63, 3.8) is 0 Å². The van der Waals surface area contributed by atoms with Crippen LogP contribution < -0.4 is 4.74 Å². The topological polar surface area (TPSA) is 39.4 Å². The van der Waals surface area contributed by atoms with E-state index < -0.39 is 0 Å². The van der Waals surface area contributed by atoms with E-state index in [2.05, 4.69) is 10.1 Å². The summed E-state index contributed by atoms with van der Waals surface area (Å²) < 4.78 is 7.14. The smallest absolute Gasteiger partial charge is 0.238 e. The molecule has 0 spiro atoms. The second kappa shape index (κ2) is 3.05. The molecule has 0 bridgehead atoms. The third kappa shape index (κ3) is 1.24. The highest BCUT2D eigenvalue weighted by atomic mass is 16.5. The normalized spacial score (nSPS) is 10.6. The molecule has 0 amide bonds.